The summed E-state index contributed by atoms with van der Waals surface area (Å²) in [6, 6.07) is 2.83. The minimum Gasteiger partial charge on any atom is -0.506 e. The lowest BCUT2D eigenvalue weighted by Gasteiger charge is -2.08. The average molecular weight is 195 g/mol. The number of primary amides is 1. The van der Waals surface area contributed by atoms with E-state index in [1.54, 1.807) is 19.1 Å². The summed E-state index contributed by atoms with van der Waals surface area (Å²) in [7, 11) is 0. The molecule has 1 amide bonds. The number of hydrogen-bond acceptors (Lipinski definition) is 4. The van der Waals surface area contributed by atoms with Crippen LogP contribution >= 0.6 is 0 Å². The van der Waals surface area contributed by atoms with Crippen molar-refractivity contribution < 1.29 is 9.90 Å². The standard InChI is InChI=1S/C9H13N3O2/c1-6(9(10)14)11-4-7-2-3-8(13)5-12-7/h2-3,5-6,11,13H,4H2,1H3,(H2,10,14). The predicted octanol–water partition coefficient (Wildman–Crippen LogP) is -0.249. The number of carbonyl (C=O) groups excluding carboxylic acids is 1. The van der Waals surface area contributed by atoms with E-state index in [4.69, 9.17) is 10.8 Å². The van der Waals surface area contributed by atoms with Crippen molar-refractivity contribution in [3.8, 4) is 5.75 Å². The van der Waals surface area contributed by atoms with E-state index in [1.807, 2.05) is 0 Å². The van der Waals surface area contributed by atoms with Crippen LogP contribution in [0.5, 0.6) is 5.75 Å². The molecule has 0 radical (unpaired) electrons. The number of nitrogens with one attached hydrogen (secondary N) is 1. The Morgan fingerprint density at radius 3 is 2.93 bits per heavy atom. The molecular weight excluding hydrogens is 182 g/mol. The van der Waals surface area contributed by atoms with Crippen molar-refractivity contribution in [1.29, 1.82) is 0 Å². The van der Waals surface area contributed by atoms with Crippen molar-refractivity contribution in [2.45, 2.75) is 19.5 Å². The van der Waals surface area contributed by atoms with E-state index in [2.05, 4.69) is 10.3 Å². The van der Waals surface area contributed by atoms with Crippen molar-refractivity contribution in [2.75, 3.05) is 0 Å². The minimum absolute atomic E-state index is 0.122. The summed E-state index contributed by atoms with van der Waals surface area (Å²) in [6.07, 6.45) is 1.35. The monoisotopic (exact) mass is 195 g/mol. The highest BCUT2D eigenvalue weighted by Gasteiger charge is 2.07. The fourth-order valence-corrected chi connectivity index (χ4v) is 0.880. The Kier molecular flexibility index (Phi) is 3.41. The molecule has 0 aromatic carbocycles. The Labute approximate surface area is 82.0 Å². The van der Waals surface area contributed by atoms with Gasteiger partial charge in [-0.2, -0.15) is 0 Å². The van der Waals surface area contributed by atoms with Crippen LogP contribution in [0.1, 0.15) is 12.6 Å². The van der Waals surface area contributed by atoms with Gasteiger partial charge in [-0.25, -0.2) is 0 Å². The molecule has 0 aliphatic rings. The zero-order valence-corrected chi connectivity index (χ0v) is 7.90. The molecule has 1 rings (SSSR count). The van der Waals surface area contributed by atoms with Gasteiger partial charge in [0.1, 0.15) is 5.75 Å². The van der Waals surface area contributed by atoms with Crippen LogP contribution in [0.3, 0.4) is 0 Å². The number of nitrogens with two attached hydrogens (primary N) is 1. The van der Waals surface area contributed by atoms with Crippen LogP contribution in [-0.4, -0.2) is 22.0 Å². The summed E-state index contributed by atoms with van der Waals surface area (Å²) in [5.74, 6) is -0.277. The largest absolute Gasteiger partial charge is 0.506 e. The second-order valence-electron chi connectivity index (χ2n) is 3.01. The second kappa shape index (κ2) is 4.57. The molecule has 5 heteroatoms. The van der Waals surface area contributed by atoms with Gasteiger partial charge < -0.3 is 16.2 Å². The number of aromatic hydroxyl groups is 1. The maximum atomic E-state index is 10.7. The number of nitrogens with zero attached hydrogens (tertiary/aromatic N) is 1. The molecule has 0 fully saturated rings. The first-order chi connectivity index (χ1) is 6.59. The van der Waals surface area contributed by atoms with E-state index in [-0.39, 0.29) is 11.8 Å². The van der Waals surface area contributed by atoms with Crippen LogP contribution in [0.15, 0.2) is 18.3 Å². The van der Waals surface area contributed by atoms with E-state index in [9.17, 15) is 4.79 Å². The lowest BCUT2D eigenvalue weighted by atomic mass is 10.3. The van der Waals surface area contributed by atoms with Crippen molar-refractivity contribution >= 4 is 5.91 Å². The summed E-state index contributed by atoms with van der Waals surface area (Å²) in [6.45, 7) is 2.13. The Hall–Kier alpha value is -1.62. The van der Waals surface area contributed by atoms with Gasteiger partial charge in [-0.1, -0.05) is 0 Å². The molecular formula is C9H13N3O2. The zero-order valence-electron chi connectivity index (χ0n) is 7.90. The molecule has 0 aliphatic carbocycles. The zero-order chi connectivity index (χ0) is 10.6. The van der Waals surface area contributed by atoms with Crippen LogP contribution in [-0.2, 0) is 11.3 Å². The Morgan fingerprint density at radius 2 is 2.43 bits per heavy atom. The van der Waals surface area contributed by atoms with Crippen molar-refractivity contribution in [3.63, 3.8) is 0 Å². The number of pyridine rings is 1. The first kappa shape index (κ1) is 10.5. The Bertz CT molecular complexity index is 310. The van der Waals surface area contributed by atoms with Gasteiger partial charge in [0, 0.05) is 6.54 Å². The average Bonchev–Trinajstić information content (AvgIpc) is 2.16. The fourth-order valence-electron chi connectivity index (χ4n) is 0.880. The topological polar surface area (TPSA) is 88.2 Å². The second-order valence-corrected chi connectivity index (χ2v) is 3.01. The third kappa shape index (κ3) is 3.02. The van der Waals surface area contributed by atoms with E-state index in [1.165, 1.54) is 6.20 Å². The molecule has 0 saturated heterocycles. The maximum Gasteiger partial charge on any atom is 0.234 e. The molecule has 0 bridgehead atoms. The summed E-state index contributed by atoms with van der Waals surface area (Å²) >= 11 is 0. The lowest BCUT2D eigenvalue weighted by Crippen LogP contribution is -2.38. The maximum absolute atomic E-state index is 10.7. The van der Waals surface area contributed by atoms with E-state index in [0.717, 1.165) is 5.69 Å². The number of aromatic nitrogens is 1. The van der Waals surface area contributed by atoms with Crippen LogP contribution < -0.4 is 11.1 Å². The Morgan fingerprint density at radius 1 is 1.71 bits per heavy atom. The van der Waals surface area contributed by atoms with Crippen molar-refractivity contribution in [2.24, 2.45) is 5.73 Å². The van der Waals surface area contributed by atoms with Crippen molar-refractivity contribution in [3.05, 3.63) is 24.0 Å². The summed E-state index contributed by atoms with van der Waals surface area (Å²) in [5.41, 5.74) is 5.81. The highest BCUT2D eigenvalue weighted by molar-refractivity contribution is 5.79. The van der Waals surface area contributed by atoms with Gasteiger partial charge in [-0.3, -0.25) is 9.78 Å². The highest BCUT2D eigenvalue weighted by atomic mass is 16.3. The third-order valence-corrected chi connectivity index (χ3v) is 1.83. The summed E-state index contributed by atoms with van der Waals surface area (Å²) in [5, 5.41) is 11.9. The highest BCUT2D eigenvalue weighted by Crippen LogP contribution is 2.05. The Balaban J connectivity index is 2.46. The fraction of sp³-hybridized carbons (Fsp3) is 0.333. The predicted molar refractivity (Wildman–Crippen MR) is 51.4 cm³/mol. The van der Waals surface area contributed by atoms with Gasteiger partial charge in [0.15, 0.2) is 0 Å². The van der Waals surface area contributed by atoms with Crippen LogP contribution in [0.2, 0.25) is 0 Å². The van der Waals surface area contributed by atoms with Gasteiger partial charge in [-0.05, 0) is 19.1 Å². The quantitative estimate of drug-likeness (QED) is 0.618. The molecule has 1 heterocycles. The van der Waals surface area contributed by atoms with Crippen LogP contribution in [0.25, 0.3) is 0 Å². The third-order valence-electron chi connectivity index (χ3n) is 1.83. The van der Waals surface area contributed by atoms with E-state index < -0.39 is 5.91 Å². The molecule has 1 atom stereocenters. The first-order valence-corrected chi connectivity index (χ1v) is 4.26. The molecule has 0 spiro atoms. The summed E-state index contributed by atoms with van der Waals surface area (Å²) < 4.78 is 0. The van der Waals surface area contributed by atoms with Gasteiger partial charge in [-0.15, -0.1) is 0 Å². The number of rotatable bonds is 4. The SMILES string of the molecule is CC(NCc1ccc(O)cn1)C(N)=O. The first-order valence-electron chi connectivity index (χ1n) is 4.26. The molecule has 76 valence electrons. The number of hydrogen-bond donors (Lipinski definition) is 3. The van der Waals surface area contributed by atoms with Gasteiger partial charge in [0.2, 0.25) is 5.91 Å². The van der Waals surface area contributed by atoms with Gasteiger partial charge in [0.05, 0.1) is 17.9 Å². The smallest absolute Gasteiger partial charge is 0.234 e. The number of amides is 1. The molecule has 4 N–H and O–H groups in total. The normalized spacial score (nSPS) is 12.4. The number of carbonyl (C=O) groups is 1. The molecule has 5 nitrogen and oxygen atoms in total. The van der Waals surface area contributed by atoms with Crippen LogP contribution in [0, 0.1) is 0 Å². The van der Waals surface area contributed by atoms with Crippen molar-refractivity contribution in [1.82, 2.24) is 10.3 Å². The molecule has 14 heavy (non-hydrogen) atoms. The van der Waals surface area contributed by atoms with Gasteiger partial charge in [0.25, 0.3) is 0 Å². The summed E-state index contributed by atoms with van der Waals surface area (Å²) in [4.78, 5) is 14.6. The van der Waals surface area contributed by atoms with Gasteiger partial charge >= 0.3 is 0 Å². The van der Waals surface area contributed by atoms with E-state index in [0.29, 0.717) is 6.54 Å². The minimum atomic E-state index is -0.399. The molecule has 1 aromatic rings. The molecule has 0 aliphatic heterocycles. The van der Waals surface area contributed by atoms with E-state index >= 15 is 0 Å². The molecule has 1 aromatic heterocycles. The lowest BCUT2D eigenvalue weighted by molar-refractivity contribution is -0.119. The van der Waals surface area contributed by atoms with Crippen LogP contribution in [0.4, 0.5) is 0 Å². The molecule has 1 unspecified atom stereocenters. The molecule has 0 saturated carbocycles.